The van der Waals surface area contributed by atoms with Crippen LogP contribution in [0.5, 0.6) is 23.0 Å². The second-order valence-electron chi connectivity index (χ2n) is 14.7. The van der Waals surface area contributed by atoms with Gasteiger partial charge in [-0.1, -0.05) is 32.0 Å². The van der Waals surface area contributed by atoms with Crippen molar-refractivity contribution < 1.29 is 43.3 Å². The standard InChI is InChI=1S/C43H52N6O10/c1-25(2)39-42(55)45-22-30-33(57-5)14-11-15-34(30)59-36-21-28(16-17-35(36)58-6)41(54)44-18-9-10-19-48(23-37(52)46-40(27(4)50)43(56)47-39)38(53)24-49-26(3)20-32(51)29-12-7-8-13-31(29)49/h7-8,11-17,20-21,25,27,39-40,50H,9-10,18-19,22-24H2,1-6H3,(H,44,54)(H,45,55)(H,46,52)(H,47,56)/t27-,39-,40+/m1/s1. The molecule has 314 valence electrons. The largest absolute Gasteiger partial charge is 0.496 e. The van der Waals surface area contributed by atoms with E-state index >= 15 is 0 Å². The number of aliphatic hydroxyl groups excluding tert-OH is 1. The van der Waals surface area contributed by atoms with Gasteiger partial charge in [0.15, 0.2) is 16.9 Å². The van der Waals surface area contributed by atoms with Gasteiger partial charge in [-0.25, -0.2) is 0 Å². The smallest absolute Gasteiger partial charge is 0.251 e. The van der Waals surface area contributed by atoms with Gasteiger partial charge in [0.25, 0.3) is 5.91 Å². The van der Waals surface area contributed by atoms with Crippen LogP contribution in [-0.4, -0.2) is 96.2 Å². The number of para-hydroxylation sites is 1. The first-order chi connectivity index (χ1) is 28.2. The van der Waals surface area contributed by atoms with E-state index in [1.807, 2.05) is 0 Å². The third-order valence-electron chi connectivity index (χ3n) is 10.1. The Morgan fingerprint density at radius 2 is 1.59 bits per heavy atom. The minimum absolute atomic E-state index is 0.0885. The van der Waals surface area contributed by atoms with E-state index in [1.54, 1.807) is 79.9 Å². The quantitative estimate of drug-likeness (QED) is 0.193. The number of methoxy groups -OCH3 is 2. The summed E-state index contributed by atoms with van der Waals surface area (Å²) in [5.41, 5.74) is 1.67. The lowest BCUT2D eigenvalue weighted by atomic mass is 10.0. The minimum atomic E-state index is -1.48. The van der Waals surface area contributed by atoms with Crippen molar-refractivity contribution in [3.63, 3.8) is 0 Å². The van der Waals surface area contributed by atoms with Crippen molar-refractivity contribution in [1.29, 1.82) is 0 Å². The van der Waals surface area contributed by atoms with Crippen LogP contribution < -0.4 is 40.9 Å². The van der Waals surface area contributed by atoms with Gasteiger partial charge in [0.05, 0.1) is 44.5 Å². The lowest BCUT2D eigenvalue weighted by Gasteiger charge is -2.28. The number of ether oxygens (including phenoxy) is 3. The van der Waals surface area contributed by atoms with E-state index in [0.29, 0.717) is 52.3 Å². The molecule has 5 amide bonds. The predicted molar refractivity (Wildman–Crippen MR) is 219 cm³/mol. The number of nitrogens with one attached hydrogen (secondary N) is 4. The van der Waals surface area contributed by atoms with E-state index < -0.39 is 54.3 Å². The van der Waals surface area contributed by atoms with E-state index in [1.165, 1.54) is 38.2 Å². The van der Waals surface area contributed by atoms with Crippen molar-refractivity contribution in [2.24, 2.45) is 5.92 Å². The molecule has 0 unspecified atom stereocenters. The van der Waals surface area contributed by atoms with Crippen LogP contribution in [0.3, 0.4) is 0 Å². The molecule has 2 bridgehead atoms. The van der Waals surface area contributed by atoms with Crippen molar-refractivity contribution in [2.75, 3.05) is 33.9 Å². The normalized spacial score (nSPS) is 18.1. The Bertz CT molecular complexity index is 2250. The van der Waals surface area contributed by atoms with Gasteiger partial charge >= 0.3 is 0 Å². The zero-order chi connectivity index (χ0) is 42.8. The zero-order valence-corrected chi connectivity index (χ0v) is 34.1. The third-order valence-corrected chi connectivity index (χ3v) is 10.1. The van der Waals surface area contributed by atoms with Crippen molar-refractivity contribution in [3.8, 4) is 23.0 Å². The number of hydrogen-bond acceptors (Lipinski definition) is 10. The zero-order valence-electron chi connectivity index (χ0n) is 34.1. The Morgan fingerprint density at radius 3 is 2.31 bits per heavy atom. The Kier molecular flexibility index (Phi) is 14.7. The molecular formula is C43H52N6O10. The van der Waals surface area contributed by atoms with Gasteiger partial charge in [-0.2, -0.15) is 0 Å². The highest BCUT2D eigenvalue weighted by Crippen LogP contribution is 2.37. The molecule has 1 aliphatic rings. The molecule has 0 saturated carbocycles. The van der Waals surface area contributed by atoms with Gasteiger partial charge < -0.3 is 50.1 Å². The Hall–Kier alpha value is -6.42. The summed E-state index contributed by atoms with van der Waals surface area (Å²) < 4.78 is 19.1. The molecular weight excluding hydrogens is 761 g/mol. The van der Waals surface area contributed by atoms with Crippen LogP contribution in [0, 0.1) is 12.8 Å². The average Bonchev–Trinajstić information content (AvgIpc) is 3.21. The fraction of sp³-hybridized carbons (Fsp3) is 0.395. The number of benzene rings is 3. The van der Waals surface area contributed by atoms with Crippen LogP contribution in [0.4, 0.5) is 0 Å². The Morgan fingerprint density at radius 1 is 0.847 bits per heavy atom. The predicted octanol–water partition coefficient (Wildman–Crippen LogP) is 2.79. The van der Waals surface area contributed by atoms with E-state index in [0.717, 1.165) is 0 Å². The second kappa shape index (κ2) is 19.8. The number of carbonyl (C=O) groups is 5. The lowest BCUT2D eigenvalue weighted by molar-refractivity contribution is -0.139. The van der Waals surface area contributed by atoms with E-state index in [2.05, 4.69) is 21.3 Å². The monoisotopic (exact) mass is 812 g/mol. The number of aryl methyl sites for hydroxylation is 1. The van der Waals surface area contributed by atoms with Crippen LogP contribution in [0.15, 0.2) is 71.5 Å². The number of aliphatic hydroxyl groups is 1. The fourth-order valence-electron chi connectivity index (χ4n) is 6.81. The molecule has 2 heterocycles. The van der Waals surface area contributed by atoms with E-state index in [-0.39, 0.29) is 48.8 Å². The molecule has 5 N–H and O–H groups in total. The molecule has 1 aromatic heterocycles. The minimum Gasteiger partial charge on any atom is -0.496 e. The SMILES string of the molecule is COc1ccc2cc1Oc1cccc(OC)c1CNC(=O)[C@@H](C(C)C)NC(=O)[C@H]([C@@H](C)O)NC(=O)CN(C(=O)Cn1c(C)cc(=O)c3ccccc31)CCCCNC2=O. The van der Waals surface area contributed by atoms with E-state index in [4.69, 9.17) is 14.2 Å². The highest BCUT2D eigenvalue weighted by Gasteiger charge is 2.32. The molecule has 0 aliphatic carbocycles. The van der Waals surface area contributed by atoms with Gasteiger partial charge in [-0.15, -0.1) is 0 Å². The maximum absolute atomic E-state index is 14.0. The number of hydrogen-bond donors (Lipinski definition) is 5. The van der Waals surface area contributed by atoms with Gasteiger partial charge in [0.1, 0.15) is 30.1 Å². The van der Waals surface area contributed by atoms with Crippen molar-refractivity contribution in [3.05, 3.63) is 93.8 Å². The Labute approximate surface area is 342 Å². The van der Waals surface area contributed by atoms with Crippen molar-refractivity contribution >= 4 is 40.4 Å². The van der Waals surface area contributed by atoms with Gasteiger partial charge in [-0.05, 0) is 75.1 Å². The summed E-state index contributed by atoms with van der Waals surface area (Å²) >= 11 is 0. The number of aromatic nitrogens is 1. The number of nitrogens with zero attached hydrogens (tertiary/aromatic N) is 2. The third kappa shape index (κ3) is 10.8. The summed E-state index contributed by atoms with van der Waals surface area (Å²) in [7, 11) is 2.94. The maximum Gasteiger partial charge on any atom is 0.251 e. The lowest BCUT2D eigenvalue weighted by Crippen LogP contribution is -2.59. The summed E-state index contributed by atoms with van der Waals surface area (Å²) in [5, 5.41) is 22.1. The molecule has 16 heteroatoms. The molecule has 5 rings (SSSR count). The van der Waals surface area contributed by atoms with Gasteiger partial charge in [-0.3, -0.25) is 28.8 Å². The molecule has 59 heavy (non-hydrogen) atoms. The van der Waals surface area contributed by atoms with Crippen LogP contribution in [0.1, 0.15) is 55.2 Å². The molecule has 16 nitrogen and oxygen atoms in total. The van der Waals surface area contributed by atoms with Crippen LogP contribution in [-0.2, 0) is 32.3 Å². The first kappa shape index (κ1) is 43.7. The molecule has 4 aromatic rings. The summed E-state index contributed by atoms with van der Waals surface area (Å²) in [4.78, 5) is 82.4. The molecule has 0 spiro atoms. The van der Waals surface area contributed by atoms with Gasteiger partial charge in [0, 0.05) is 35.8 Å². The van der Waals surface area contributed by atoms with Gasteiger partial charge in [0.2, 0.25) is 23.6 Å². The van der Waals surface area contributed by atoms with Crippen molar-refractivity contribution in [1.82, 2.24) is 30.7 Å². The number of amides is 5. The number of pyridine rings is 1. The summed E-state index contributed by atoms with van der Waals surface area (Å²) in [6, 6.07) is 15.6. The van der Waals surface area contributed by atoms with Crippen molar-refractivity contribution in [2.45, 2.75) is 71.8 Å². The summed E-state index contributed by atoms with van der Waals surface area (Å²) in [5.74, 6) is -2.06. The first-order valence-electron chi connectivity index (χ1n) is 19.4. The number of carbonyl (C=O) groups excluding carboxylic acids is 5. The molecule has 0 radical (unpaired) electrons. The Balaban J connectivity index is 1.46. The summed E-state index contributed by atoms with van der Waals surface area (Å²) in [6.45, 7) is 6.10. The molecule has 1 aliphatic heterocycles. The highest BCUT2D eigenvalue weighted by molar-refractivity contribution is 5.95. The average molecular weight is 813 g/mol. The molecule has 0 fully saturated rings. The van der Waals surface area contributed by atoms with Crippen LogP contribution in [0.2, 0.25) is 0 Å². The topological polar surface area (TPSA) is 207 Å². The summed E-state index contributed by atoms with van der Waals surface area (Å²) in [6.07, 6.45) is -0.569. The molecule has 0 saturated heterocycles. The first-order valence-corrected chi connectivity index (χ1v) is 19.4. The number of fused-ring (bicyclic) bond motifs is 4. The molecule has 3 atom stereocenters. The van der Waals surface area contributed by atoms with E-state index in [9.17, 15) is 33.9 Å². The maximum atomic E-state index is 14.0. The van der Waals surface area contributed by atoms with Crippen LogP contribution >= 0.6 is 0 Å². The fourth-order valence-corrected chi connectivity index (χ4v) is 6.81. The second-order valence-corrected chi connectivity index (χ2v) is 14.7. The number of rotatable bonds is 6. The highest BCUT2D eigenvalue weighted by atomic mass is 16.5. The van der Waals surface area contributed by atoms with Crippen LogP contribution in [0.25, 0.3) is 10.9 Å². The molecule has 3 aromatic carbocycles.